The summed E-state index contributed by atoms with van der Waals surface area (Å²) in [6.07, 6.45) is 0. The minimum absolute atomic E-state index is 0.340. The molecule has 1 aromatic rings. The molecule has 0 aliphatic rings. The number of halogens is 1. The summed E-state index contributed by atoms with van der Waals surface area (Å²) in [5, 5.41) is 5.14. The molecule has 0 spiro atoms. The summed E-state index contributed by atoms with van der Waals surface area (Å²) in [5.41, 5.74) is 0.270. The number of carbonyl (C=O) groups is 2. The quantitative estimate of drug-likeness (QED) is 0.803. The molecule has 0 aliphatic heterocycles. The molecule has 0 saturated heterocycles. The highest BCUT2D eigenvalue weighted by Crippen LogP contribution is 2.12. The zero-order valence-corrected chi connectivity index (χ0v) is 11.6. The summed E-state index contributed by atoms with van der Waals surface area (Å²) in [6.45, 7) is 7.11. The monoisotopic (exact) mass is 266 g/mol. The van der Waals surface area contributed by atoms with Gasteiger partial charge in [0, 0.05) is 5.54 Å². The molecule has 0 aliphatic carbocycles. The summed E-state index contributed by atoms with van der Waals surface area (Å²) < 4.78 is 12.8. The molecular formula is C14H19FN2O2. The van der Waals surface area contributed by atoms with E-state index in [1.54, 1.807) is 39.8 Å². The minimum atomic E-state index is -0.702. The largest absolute Gasteiger partial charge is 0.343 e. The van der Waals surface area contributed by atoms with Crippen molar-refractivity contribution in [1.82, 2.24) is 10.6 Å². The lowest BCUT2D eigenvalue weighted by molar-refractivity contribution is -0.140. The fourth-order valence-corrected chi connectivity index (χ4v) is 1.49. The maximum atomic E-state index is 12.8. The number of nitrogens with one attached hydrogen (secondary N) is 2. The lowest BCUT2D eigenvalue weighted by Gasteiger charge is -2.21. The van der Waals surface area contributed by atoms with Gasteiger partial charge in [-0.1, -0.05) is 12.1 Å². The number of hydrogen-bond donors (Lipinski definition) is 2. The Morgan fingerprint density at radius 2 is 1.63 bits per heavy atom. The predicted octanol–water partition coefficient (Wildman–Crippen LogP) is 1.92. The van der Waals surface area contributed by atoms with Crippen LogP contribution in [0.1, 0.15) is 39.3 Å². The van der Waals surface area contributed by atoms with E-state index in [-0.39, 0.29) is 11.9 Å². The van der Waals surface area contributed by atoms with Crippen molar-refractivity contribution in [3.05, 3.63) is 35.6 Å². The van der Waals surface area contributed by atoms with Crippen LogP contribution in [0, 0.1) is 5.82 Å². The molecule has 4 nitrogen and oxygen atoms in total. The molecule has 2 amide bonds. The first-order valence-corrected chi connectivity index (χ1v) is 6.07. The average molecular weight is 266 g/mol. The van der Waals surface area contributed by atoms with Crippen LogP contribution >= 0.6 is 0 Å². The molecule has 0 bridgehead atoms. The van der Waals surface area contributed by atoms with E-state index in [9.17, 15) is 14.0 Å². The van der Waals surface area contributed by atoms with E-state index >= 15 is 0 Å². The van der Waals surface area contributed by atoms with Gasteiger partial charge in [-0.15, -0.1) is 0 Å². The van der Waals surface area contributed by atoms with E-state index in [4.69, 9.17) is 0 Å². The van der Waals surface area contributed by atoms with Gasteiger partial charge in [0.1, 0.15) is 5.82 Å². The molecular weight excluding hydrogens is 247 g/mol. The Kier molecular flexibility index (Phi) is 4.64. The smallest absolute Gasteiger partial charge is 0.309 e. The Morgan fingerprint density at radius 1 is 1.11 bits per heavy atom. The summed E-state index contributed by atoms with van der Waals surface area (Å²) >= 11 is 0. The van der Waals surface area contributed by atoms with Gasteiger partial charge in [0.2, 0.25) is 0 Å². The van der Waals surface area contributed by atoms with Crippen molar-refractivity contribution < 1.29 is 14.0 Å². The highest BCUT2D eigenvalue weighted by molar-refractivity contribution is 6.35. The maximum absolute atomic E-state index is 12.8. The SMILES string of the molecule is C[C@H](NC(=O)C(=O)NC(C)(C)C)c1ccc(F)cc1. The van der Waals surface area contributed by atoms with Crippen LogP contribution in [0.3, 0.4) is 0 Å². The molecule has 19 heavy (non-hydrogen) atoms. The van der Waals surface area contributed by atoms with Crippen molar-refractivity contribution in [2.24, 2.45) is 0 Å². The molecule has 0 saturated carbocycles. The molecule has 2 N–H and O–H groups in total. The van der Waals surface area contributed by atoms with Crippen molar-refractivity contribution in [1.29, 1.82) is 0 Å². The molecule has 1 rings (SSSR count). The van der Waals surface area contributed by atoms with E-state index in [1.165, 1.54) is 12.1 Å². The van der Waals surface area contributed by atoms with Gasteiger partial charge in [0.25, 0.3) is 0 Å². The Labute approximate surface area is 112 Å². The third-order valence-electron chi connectivity index (χ3n) is 2.41. The second-order valence-electron chi connectivity index (χ2n) is 5.45. The van der Waals surface area contributed by atoms with E-state index in [2.05, 4.69) is 10.6 Å². The van der Waals surface area contributed by atoms with Crippen LogP contribution in [-0.4, -0.2) is 17.4 Å². The first-order valence-electron chi connectivity index (χ1n) is 6.07. The van der Waals surface area contributed by atoms with Gasteiger partial charge >= 0.3 is 11.8 Å². The molecule has 0 unspecified atom stereocenters. The van der Waals surface area contributed by atoms with Crippen LogP contribution in [0.5, 0.6) is 0 Å². The van der Waals surface area contributed by atoms with Gasteiger partial charge < -0.3 is 10.6 Å². The lowest BCUT2D eigenvalue weighted by Crippen LogP contribution is -2.48. The first kappa shape index (κ1) is 15.1. The van der Waals surface area contributed by atoms with Crippen molar-refractivity contribution in [2.75, 3.05) is 0 Å². The maximum Gasteiger partial charge on any atom is 0.309 e. The number of carbonyl (C=O) groups excluding carboxylic acids is 2. The summed E-state index contributed by atoms with van der Waals surface area (Å²) in [5.74, 6) is -1.72. The third-order valence-corrected chi connectivity index (χ3v) is 2.41. The molecule has 0 aromatic heterocycles. The second-order valence-corrected chi connectivity index (χ2v) is 5.45. The van der Waals surface area contributed by atoms with Crippen LogP contribution in [0.25, 0.3) is 0 Å². The van der Waals surface area contributed by atoms with Crippen molar-refractivity contribution in [2.45, 2.75) is 39.3 Å². The normalized spacial score (nSPS) is 12.7. The highest BCUT2D eigenvalue weighted by Gasteiger charge is 2.21. The predicted molar refractivity (Wildman–Crippen MR) is 70.9 cm³/mol. The Morgan fingerprint density at radius 3 is 2.11 bits per heavy atom. The van der Waals surface area contributed by atoms with Crippen LogP contribution in [-0.2, 0) is 9.59 Å². The molecule has 1 aromatic carbocycles. The zero-order valence-electron chi connectivity index (χ0n) is 11.6. The van der Waals surface area contributed by atoms with Crippen molar-refractivity contribution in [3.63, 3.8) is 0 Å². The van der Waals surface area contributed by atoms with Gasteiger partial charge in [0.15, 0.2) is 0 Å². The first-order chi connectivity index (χ1) is 8.69. The number of amides is 2. The summed E-state index contributed by atoms with van der Waals surface area (Å²) in [6, 6.07) is 5.41. The van der Waals surface area contributed by atoms with Gasteiger partial charge in [-0.25, -0.2) is 4.39 Å². The van der Waals surface area contributed by atoms with Crippen LogP contribution in [0.2, 0.25) is 0 Å². The summed E-state index contributed by atoms with van der Waals surface area (Å²) in [7, 11) is 0. The van der Waals surface area contributed by atoms with Crippen LogP contribution in [0.4, 0.5) is 4.39 Å². The van der Waals surface area contributed by atoms with E-state index in [0.29, 0.717) is 0 Å². The number of benzene rings is 1. The van der Waals surface area contributed by atoms with Crippen LogP contribution < -0.4 is 10.6 Å². The molecule has 5 heteroatoms. The van der Waals surface area contributed by atoms with E-state index in [1.807, 2.05) is 0 Å². The standard InChI is InChI=1S/C14H19FN2O2/c1-9(10-5-7-11(15)8-6-10)16-12(18)13(19)17-14(2,3)4/h5-9H,1-4H3,(H,16,18)(H,17,19)/t9-/m0/s1. The Hall–Kier alpha value is -1.91. The van der Waals surface area contributed by atoms with Gasteiger partial charge in [-0.3, -0.25) is 9.59 Å². The lowest BCUT2D eigenvalue weighted by atomic mass is 10.1. The molecule has 104 valence electrons. The van der Waals surface area contributed by atoms with Gasteiger partial charge in [0.05, 0.1) is 6.04 Å². The minimum Gasteiger partial charge on any atom is -0.343 e. The third kappa shape index (κ3) is 5.07. The van der Waals surface area contributed by atoms with Crippen molar-refractivity contribution >= 4 is 11.8 Å². The number of hydrogen-bond acceptors (Lipinski definition) is 2. The molecule has 1 atom stereocenters. The Bertz CT molecular complexity index is 463. The second kappa shape index (κ2) is 5.82. The average Bonchev–Trinajstić information content (AvgIpc) is 2.27. The summed E-state index contributed by atoms with van der Waals surface area (Å²) in [4.78, 5) is 23.3. The number of rotatable bonds is 2. The highest BCUT2D eigenvalue weighted by atomic mass is 19.1. The fraction of sp³-hybridized carbons (Fsp3) is 0.429. The topological polar surface area (TPSA) is 58.2 Å². The van der Waals surface area contributed by atoms with Gasteiger partial charge in [-0.05, 0) is 45.4 Å². The van der Waals surface area contributed by atoms with Crippen LogP contribution in [0.15, 0.2) is 24.3 Å². The van der Waals surface area contributed by atoms with E-state index < -0.39 is 17.4 Å². The van der Waals surface area contributed by atoms with Gasteiger partial charge in [-0.2, -0.15) is 0 Å². The zero-order chi connectivity index (χ0) is 14.6. The van der Waals surface area contributed by atoms with E-state index in [0.717, 1.165) is 5.56 Å². The Balaban J connectivity index is 2.61. The molecule has 0 heterocycles. The molecule has 0 radical (unpaired) electrons. The fourth-order valence-electron chi connectivity index (χ4n) is 1.49. The van der Waals surface area contributed by atoms with Crippen molar-refractivity contribution in [3.8, 4) is 0 Å². The molecule has 0 fully saturated rings.